The standard InChI is InChI=1S/C17H30N2/c1-13(2)15(4)19(5)17(12-18)11-14(3)16-9-7-6-8-10-16/h6-10,13-15,17H,11-12,18H2,1-5H3. The molecule has 0 aromatic heterocycles. The van der Waals surface area contributed by atoms with Crippen molar-refractivity contribution in [3.63, 3.8) is 0 Å². The molecular weight excluding hydrogens is 232 g/mol. The first kappa shape index (κ1) is 16.2. The second-order valence-corrected chi connectivity index (χ2v) is 6.09. The lowest BCUT2D eigenvalue weighted by atomic mass is 9.92. The van der Waals surface area contributed by atoms with Crippen molar-refractivity contribution in [1.82, 2.24) is 4.90 Å². The van der Waals surface area contributed by atoms with Gasteiger partial charge in [0.15, 0.2) is 0 Å². The van der Waals surface area contributed by atoms with Gasteiger partial charge in [-0.05, 0) is 37.8 Å². The number of hydrogen-bond donors (Lipinski definition) is 1. The van der Waals surface area contributed by atoms with Crippen LogP contribution >= 0.6 is 0 Å². The molecule has 3 unspecified atom stereocenters. The van der Waals surface area contributed by atoms with Crippen molar-refractivity contribution in [3.8, 4) is 0 Å². The lowest BCUT2D eigenvalue weighted by molar-refractivity contribution is 0.140. The minimum Gasteiger partial charge on any atom is -0.329 e. The molecule has 1 aromatic rings. The third-order valence-electron chi connectivity index (χ3n) is 4.45. The predicted molar refractivity (Wildman–Crippen MR) is 84.4 cm³/mol. The number of rotatable bonds is 7. The lowest BCUT2D eigenvalue weighted by Crippen LogP contribution is -2.45. The Bertz CT molecular complexity index is 348. The average molecular weight is 262 g/mol. The molecule has 0 fully saturated rings. The van der Waals surface area contributed by atoms with Crippen molar-refractivity contribution in [1.29, 1.82) is 0 Å². The van der Waals surface area contributed by atoms with Gasteiger partial charge in [-0.1, -0.05) is 51.1 Å². The summed E-state index contributed by atoms with van der Waals surface area (Å²) in [6, 6.07) is 11.7. The summed E-state index contributed by atoms with van der Waals surface area (Å²) in [6.07, 6.45) is 1.12. The highest BCUT2D eigenvalue weighted by Gasteiger charge is 2.22. The van der Waals surface area contributed by atoms with Crippen LogP contribution in [0.4, 0.5) is 0 Å². The van der Waals surface area contributed by atoms with E-state index in [9.17, 15) is 0 Å². The van der Waals surface area contributed by atoms with Gasteiger partial charge in [-0.15, -0.1) is 0 Å². The first-order valence-corrected chi connectivity index (χ1v) is 7.44. The quantitative estimate of drug-likeness (QED) is 0.815. The zero-order chi connectivity index (χ0) is 14.4. The Hall–Kier alpha value is -0.860. The molecule has 1 aromatic carbocycles. The molecule has 0 radical (unpaired) electrons. The zero-order valence-electron chi connectivity index (χ0n) is 13.1. The van der Waals surface area contributed by atoms with Gasteiger partial charge < -0.3 is 5.73 Å². The molecule has 3 atom stereocenters. The van der Waals surface area contributed by atoms with E-state index >= 15 is 0 Å². The van der Waals surface area contributed by atoms with Crippen LogP contribution in [0.1, 0.15) is 45.6 Å². The summed E-state index contributed by atoms with van der Waals surface area (Å²) in [5.41, 5.74) is 7.41. The summed E-state index contributed by atoms with van der Waals surface area (Å²) in [6.45, 7) is 9.86. The molecule has 0 heterocycles. The van der Waals surface area contributed by atoms with Crippen molar-refractivity contribution in [2.45, 2.75) is 52.1 Å². The molecule has 2 heteroatoms. The van der Waals surface area contributed by atoms with Gasteiger partial charge in [-0.3, -0.25) is 4.90 Å². The van der Waals surface area contributed by atoms with Gasteiger partial charge in [0.1, 0.15) is 0 Å². The van der Waals surface area contributed by atoms with Gasteiger partial charge >= 0.3 is 0 Å². The fourth-order valence-corrected chi connectivity index (χ4v) is 2.56. The van der Waals surface area contributed by atoms with E-state index in [-0.39, 0.29) is 0 Å². The molecule has 0 bridgehead atoms. The molecule has 0 saturated carbocycles. The normalized spacial score (nSPS) is 16.6. The smallest absolute Gasteiger partial charge is 0.0224 e. The van der Waals surface area contributed by atoms with E-state index in [0.717, 1.165) is 13.0 Å². The van der Waals surface area contributed by atoms with E-state index in [1.54, 1.807) is 0 Å². The topological polar surface area (TPSA) is 29.3 Å². The van der Waals surface area contributed by atoms with Crippen molar-refractivity contribution in [3.05, 3.63) is 35.9 Å². The third kappa shape index (κ3) is 4.63. The molecule has 0 aliphatic carbocycles. The minimum absolute atomic E-state index is 0.451. The molecule has 2 N–H and O–H groups in total. The van der Waals surface area contributed by atoms with Crippen molar-refractivity contribution in [2.75, 3.05) is 13.6 Å². The maximum absolute atomic E-state index is 6.00. The van der Waals surface area contributed by atoms with Gasteiger partial charge in [0.2, 0.25) is 0 Å². The predicted octanol–water partition coefficient (Wildman–Crippen LogP) is 3.48. The number of hydrogen-bond acceptors (Lipinski definition) is 2. The van der Waals surface area contributed by atoms with Crippen LogP contribution in [-0.4, -0.2) is 30.6 Å². The SMILES string of the molecule is CC(CC(CN)N(C)C(C)C(C)C)c1ccccc1. The van der Waals surface area contributed by atoms with Crippen LogP contribution in [0.15, 0.2) is 30.3 Å². The Labute approximate surface area is 119 Å². The van der Waals surface area contributed by atoms with E-state index in [2.05, 4.69) is 70.0 Å². The number of benzene rings is 1. The van der Waals surface area contributed by atoms with Crippen molar-refractivity contribution >= 4 is 0 Å². The van der Waals surface area contributed by atoms with Gasteiger partial charge in [0, 0.05) is 18.6 Å². The number of nitrogens with zero attached hydrogens (tertiary/aromatic N) is 1. The van der Waals surface area contributed by atoms with E-state index in [0.29, 0.717) is 23.9 Å². The summed E-state index contributed by atoms with van der Waals surface area (Å²) in [4.78, 5) is 2.45. The highest BCUT2D eigenvalue weighted by atomic mass is 15.2. The van der Waals surface area contributed by atoms with Crippen LogP contribution < -0.4 is 5.73 Å². The van der Waals surface area contributed by atoms with Gasteiger partial charge in [0.05, 0.1) is 0 Å². The summed E-state index contributed by atoms with van der Waals surface area (Å²) in [5, 5.41) is 0. The van der Waals surface area contributed by atoms with Crippen LogP contribution in [0.3, 0.4) is 0 Å². The Balaban J connectivity index is 2.66. The molecule has 19 heavy (non-hydrogen) atoms. The van der Waals surface area contributed by atoms with Gasteiger partial charge in [0.25, 0.3) is 0 Å². The summed E-state index contributed by atoms with van der Waals surface area (Å²) in [7, 11) is 2.21. The fraction of sp³-hybridized carbons (Fsp3) is 0.647. The van der Waals surface area contributed by atoms with E-state index < -0.39 is 0 Å². The molecule has 2 nitrogen and oxygen atoms in total. The maximum atomic E-state index is 6.00. The first-order chi connectivity index (χ1) is 8.97. The summed E-state index contributed by atoms with van der Waals surface area (Å²) >= 11 is 0. The Morgan fingerprint density at radius 1 is 1.05 bits per heavy atom. The Kier molecular flexibility index (Phi) is 6.53. The molecule has 0 amide bonds. The van der Waals surface area contributed by atoms with Gasteiger partial charge in [-0.25, -0.2) is 0 Å². The number of likely N-dealkylation sites (N-methyl/N-ethyl adjacent to an activating group) is 1. The molecule has 0 aliphatic rings. The molecule has 0 saturated heterocycles. The molecule has 108 valence electrons. The van der Waals surface area contributed by atoms with Crippen LogP contribution in [0, 0.1) is 5.92 Å². The molecular formula is C17H30N2. The minimum atomic E-state index is 0.451. The van der Waals surface area contributed by atoms with E-state index in [1.807, 2.05) is 0 Å². The monoisotopic (exact) mass is 262 g/mol. The van der Waals surface area contributed by atoms with E-state index in [4.69, 9.17) is 5.73 Å². The van der Waals surface area contributed by atoms with Crippen LogP contribution in [-0.2, 0) is 0 Å². The highest BCUT2D eigenvalue weighted by molar-refractivity contribution is 5.18. The summed E-state index contributed by atoms with van der Waals surface area (Å²) in [5.74, 6) is 1.21. The van der Waals surface area contributed by atoms with Crippen molar-refractivity contribution < 1.29 is 0 Å². The lowest BCUT2D eigenvalue weighted by Gasteiger charge is -2.36. The van der Waals surface area contributed by atoms with E-state index in [1.165, 1.54) is 5.56 Å². The van der Waals surface area contributed by atoms with Crippen LogP contribution in [0.25, 0.3) is 0 Å². The fourth-order valence-electron chi connectivity index (χ4n) is 2.56. The second kappa shape index (κ2) is 7.66. The highest BCUT2D eigenvalue weighted by Crippen LogP contribution is 2.23. The Morgan fingerprint density at radius 3 is 2.11 bits per heavy atom. The molecule has 1 rings (SSSR count). The molecule has 0 spiro atoms. The average Bonchev–Trinajstić information content (AvgIpc) is 2.43. The third-order valence-corrected chi connectivity index (χ3v) is 4.45. The van der Waals surface area contributed by atoms with Crippen LogP contribution in [0.2, 0.25) is 0 Å². The van der Waals surface area contributed by atoms with Crippen molar-refractivity contribution in [2.24, 2.45) is 11.7 Å². The number of nitrogens with two attached hydrogens (primary N) is 1. The van der Waals surface area contributed by atoms with Gasteiger partial charge in [-0.2, -0.15) is 0 Å². The largest absolute Gasteiger partial charge is 0.329 e. The van der Waals surface area contributed by atoms with Crippen LogP contribution in [0.5, 0.6) is 0 Å². The zero-order valence-corrected chi connectivity index (χ0v) is 13.1. The molecule has 0 aliphatic heterocycles. The summed E-state index contributed by atoms with van der Waals surface area (Å²) < 4.78 is 0. The first-order valence-electron chi connectivity index (χ1n) is 7.44. The maximum Gasteiger partial charge on any atom is 0.0224 e. The second-order valence-electron chi connectivity index (χ2n) is 6.09. The Morgan fingerprint density at radius 2 is 1.63 bits per heavy atom.